The number of H-pyrrole nitrogens is 1. The topological polar surface area (TPSA) is 144 Å². The van der Waals surface area contributed by atoms with E-state index in [-0.39, 0.29) is 31.2 Å². The van der Waals surface area contributed by atoms with Crippen molar-refractivity contribution in [2.24, 2.45) is 11.8 Å². The van der Waals surface area contributed by atoms with Gasteiger partial charge in [0.1, 0.15) is 18.0 Å². The van der Waals surface area contributed by atoms with E-state index < -0.39 is 5.76 Å². The Kier molecular flexibility index (Phi) is 7.83. The van der Waals surface area contributed by atoms with Crippen LogP contribution in [0, 0.1) is 11.8 Å². The Morgan fingerprint density at radius 2 is 2.02 bits per heavy atom. The van der Waals surface area contributed by atoms with Crippen molar-refractivity contribution >= 4 is 28.6 Å². The van der Waals surface area contributed by atoms with Gasteiger partial charge in [-0.2, -0.15) is 0 Å². The number of aromatic nitrogens is 6. The summed E-state index contributed by atoms with van der Waals surface area (Å²) in [5, 5.41) is 13.8. The number of imidazole rings is 1. The lowest BCUT2D eigenvalue weighted by Crippen LogP contribution is -2.49. The highest BCUT2D eigenvalue weighted by Gasteiger charge is 2.39. The molecule has 4 aromatic rings. The standard InChI is InChI=1S/C30H36ClN7O5/c1-17-5-7-18(8-6-17)16-38-26-21(34-29(38)37-9-11-41-24-4-2-3-23(24)37)14-22(27-35-30(40)43-36-27)33-25(26)20-13-19(31)15-32-28(20)42-12-10-39/h13-15,17-18,23-24,39H,2-12,16H2,1H3,(H,35,36,40)/t17?,18?,23-,24-/m1/s1. The van der Waals surface area contributed by atoms with Gasteiger partial charge in [-0.3, -0.25) is 9.51 Å². The van der Waals surface area contributed by atoms with Gasteiger partial charge in [-0.05, 0) is 56.1 Å². The molecule has 7 rings (SSSR count). The normalized spacial score (nSPS) is 24.0. The van der Waals surface area contributed by atoms with Gasteiger partial charge >= 0.3 is 5.76 Å². The van der Waals surface area contributed by atoms with E-state index in [0.29, 0.717) is 45.9 Å². The van der Waals surface area contributed by atoms with Crippen LogP contribution in [0.3, 0.4) is 0 Å². The average Bonchev–Trinajstić information content (AvgIpc) is 3.76. The van der Waals surface area contributed by atoms with E-state index in [2.05, 4.69) is 31.5 Å². The van der Waals surface area contributed by atoms with Crippen LogP contribution in [0.1, 0.15) is 51.9 Å². The van der Waals surface area contributed by atoms with E-state index in [9.17, 15) is 9.90 Å². The molecule has 2 saturated carbocycles. The fraction of sp³-hybridized carbons (Fsp3) is 0.567. The number of aliphatic hydroxyl groups is 1. The molecule has 1 aliphatic heterocycles. The van der Waals surface area contributed by atoms with Gasteiger partial charge in [-0.25, -0.2) is 19.7 Å². The Morgan fingerprint density at radius 3 is 2.81 bits per heavy atom. The zero-order valence-electron chi connectivity index (χ0n) is 24.2. The predicted octanol–water partition coefficient (Wildman–Crippen LogP) is 4.45. The Morgan fingerprint density at radius 1 is 1.16 bits per heavy atom. The maximum absolute atomic E-state index is 11.9. The third kappa shape index (κ3) is 5.51. The summed E-state index contributed by atoms with van der Waals surface area (Å²) < 4.78 is 19.2. The maximum Gasteiger partial charge on any atom is 0.439 e. The third-order valence-electron chi connectivity index (χ3n) is 9.11. The summed E-state index contributed by atoms with van der Waals surface area (Å²) >= 11 is 6.49. The molecule has 4 aromatic heterocycles. The molecule has 3 aliphatic rings. The fourth-order valence-electron chi connectivity index (χ4n) is 6.98. The zero-order valence-corrected chi connectivity index (χ0v) is 24.9. The van der Waals surface area contributed by atoms with Crippen LogP contribution in [0.4, 0.5) is 5.95 Å². The Labute approximate surface area is 253 Å². The number of rotatable bonds is 8. The quantitative estimate of drug-likeness (QED) is 0.294. The van der Waals surface area contributed by atoms with Gasteiger partial charge in [0, 0.05) is 19.3 Å². The summed E-state index contributed by atoms with van der Waals surface area (Å²) in [6.45, 7) is 4.42. The molecule has 0 spiro atoms. The van der Waals surface area contributed by atoms with E-state index in [1.54, 1.807) is 6.07 Å². The first-order valence-electron chi connectivity index (χ1n) is 15.2. The number of aliphatic hydroxyl groups excluding tert-OH is 1. The summed E-state index contributed by atoms with van der Waals surface area (Å²) in [7, 11) is 0. The number of aromatic amines is 1. The van der Waals surface area contributed by atoms with Gasteiger partial charge < -0.3 is 24.0 Å². The van der Waals surface area contributed by atoms with E-state index in [1.807, 2.05) is 6.07 Å². The van der Waals surface area contributed by atoms with Crippen molar-refractivity contribution in [1.29, 1.82) is 0 Å². The van der Waals surface area contributed by atoms with Gasteiger partial charge in [0.25, 0.3) is 0 Å². The Bertz CT molecular complexity index is 1660. The molecule has 0 aromatic carbocycles. The molecule has 2 N–H and O–H groups in total. The monoisotopic (exact) mass is 609 g/mol. The second-order valence-electron chi connectivity index (χ2n) is 12.0. The van der Waals surface area contributed by atoms with Crippen LogP contribution in [0.25, 0.3) is 33.8 Å². The minimum absolute atomic E-state index is 0.0582. The molecule has 0 amide bonds. The highest BCUT2D eigenvalue weighted by atomic mass is 35.5. The lowest BCUT2D eigenvalue weighted by atomic mass is 9.83. The summed E-state index contributed by atoms with van der Waals surface area (Å²) in [6.07, 6.45) is 9.67. The number of nitrogens with one attached hydrogen (secondary N) is 1. The number of pyridine rings is 2. The van der Waals surface area contributed by atoms with E-state index in [1.165, 1.54) is 19.0 Å². The molecule has 0 bridgehead atoms. The first-order chi connectivity index (χ1) is 21.0. The molecule has 228 valence electrons. The molecule has 12 nitrogen and oxygen atoms in total. The summed E-state index contributed by atoms with van der Waals surface area (Å²) in [5.74, 6) is 1.95. The average molecular weight is 610 g/mol. The number of hydrogen-bond donors (Lipinski definition) is 2. The number of halogens is 1. The summed E-state index contributed by atoms with van der Waals surface area (Å²) in [5.41, 5.74) is 3.05. The van der Waals surface area contributed by atoms with Gasteiger partial charge in [0.15, 0.2) is 0 Å². The minimum atomic E-state index is -0.673. The molecular formula is C30H36ClN7O5. The molecule has 2 atom stereocenters. The summed E-state index contributed by atoms with van der Waals surface area (Å²) in [4.78, 5) is 31.7. The Balaban J connectivity index is 1.46. The van der Waals surface area contributed by atoms with Crippen LogP contribution >= 0.6 is 11.6 Å². The van der Waals surface area contributed by atoms with E-state index in [4.69, 9.17) is 35.6 Å². The van der Waals surface area contributed by atoms with Crippen molar-refractivity contribution in [3.8, 4) is 28.7 Å². The van der Waals surface area contributed by atoms with Crippen molar-refractivity contribution < 1.29 is 19.1 Å². The van der Waals surface area contributed by atoms with Gasteiger partial charge in [0.2, 0.25) is 17.7 Å². The van der Waals surface area contributed by atoms with Crippen LogP contribution in [-0.4, -0.2) is 73.3 Å². The first-order valence-corrected chi connectivity index (χ1v) is 15.6. The van der Waals surface area contributed by atoms with Gasteiger partial charge in [-0.1, -0.05) is 36.5 Å². The van der Waals surface area contributed by atoms with Crippen molar-refractivity contribution in [1.82, 2.24) is 29.7 Å². The SMILES string of the molecule is CC1CCC(Cn2c(N3CCO[C@@H]4CCC[C@H]43)nc3cc(-c4noc(=O)[nH]4)nc(-c4cc(Cl)cnc4OCCO)c32)CC1. The number of morpholine rings is 1. The second-order valence-corrected chi connectivity index (χ2v) is 12.4. The highest BCUT2D eigenvalue weighted by molar-refractivity contribution is 6.30. The second kappa shape index (κ2) is 11.9. The molecule has 1 saturated heterocycles. The number of anilines is 1. The Hall–Kier alpha value is -3.48. The number of ether oxygens (including phenoxy) is 2. The highest BCUT2D eigenvalue weighted by Crippen LogP contribution is 2.41. The van der Waals surface area contributed by atoms with Crippen LogP contribution < -0.4 is 15.4 Å². The molecule has 2 aliphatic carbocycles. The fourth-order valence-corrected chi connectivity index (χ4v) is 7.14. The molecule has 0 unspecified atom stereocenters. The predicted molar refractivity (Wildman–Crippen MR) is 160 cm³/mol. The van der Waals surface area contributed by atoms with Crippen molar-refractivity contribution in [2.45, 2.75) is 70.6 Å². The first kappa shape index (κ1) is 28.3. The van der Waals surface area contributed by atoms with Crippen LogP contribution in [0.2, 0.25) is 5.02 Å². The van der Waals surface area contributed by atoms with E-state index in [0.717, 1.165) is 62.6 Å². The molecular weight excluding hydrogens is 574 g/mol. The lowest BCUT2D eigenvalue weighted by Gasteiger charge is -2.39. The third-order valence-corrected chi connectivity index (χ3v) is 9.31. The number of nitrogens with zero attached hydrogens (tertiary/aromatic N) is 6. The minimum Gasteiger partial charge on any atom is -0.475 e. The summed E-state index contributed by atoms with van der Waals surface area (Å²) in [6, 6.07) is 3.86. The van der Waals surface area contributed by atoms with Gasteiger partial charge in [0.05, 0.1) is 47.0 Å². The molecule has 3 fully saturated rings. The van der Waals surface area contributed by atoms with E-state index >= 15 is 0 Å². The molecule has 43 heavy (non-hydrogen) atoms. The maximum atomic E-state index is 11.9. The van der Waals surface area contributed by atoms with Crippen LogP contribution in [-0.2, 0) is 11.3 Å². The molecule has 13 heteroatoms. The molecule has 0 radical (unpaired) electrons. The van der Waals surface area contributed by atoms with Crippen LogP contribution in [0.5, 0.6) is 5.88 Å². The largest absolute Gasteiger partial charge is 0.475 e. The van der Waals surface area contributed by atoms with Crippen molar-refractivity contribution in [2.75, 3.05) is 31.3 Å². The zero-order chi connectivity index (χ0) is 29.5. The smallest absolute Gasteiger partial charge is 0.439 e. The number of fused-ring (bicyclic) bond motifs is 2. The number of hydrogen-bond acceptors (Lipinski definition) is 10. The van der Waals surface area contributed by atoms with Gasteiger partial charge in [-0.15, -0.1) is 0 Å². The van der Waals surface area contributed by atoms with Crippen LogP contribution in [0.15, 0.2) is 27.6 Å². The van der Waals surface area contributed by atoms with Crippen molar-refractivity contribution in [3.05, 3.63) is 33.9 Å². The molecule has 5 heterocycles. The van der Waals surface area contributed by atoms with Crippen molar-refractivity contribution in [3.63, 3.8) is 0 Å². The lowest BCUT2D eigenvalue weighted by molar-refractivity contribution is 0.0247.